The van der Waals surface area contributed by atoms with E-state index in [4.69, 9.17) is 31.4 Å². The number of amides is 1. The molecule has 2 fully saturated rings. The largest absolute Gasteiger partial charge is 0.462 e. The van der Waals surface area contributed by atoms with Gasteiger partial charge in [0.1, 0.15) is 19.0 Å². The summed E-state index contributed by atoms with van der Waals surface area (Å²) < 4.78 is 6.26. The van der Waals surface area contributed by atoms with E-state index in [0.29, 0.717) is 51.4 Å². The van der Waals surface area contributed by atoms with Gasteiger partial charge in [0, 0.05) is 55.4 Å². The first kappa shape index (κ1) is 27.6. The highest BCUT2D eigenvalue weighted by atomic mass is 35.5. The summed E-state index contributed by atoms with van der Waals surface area (Å²) in [6.45, 7) is 5.14. The summed E-state index contributed by atoms with van der Waals surface area (Å²) in [5, 5.41) is 11.9. The van der Waals surface area contributed by atoms with Crippen molar-refractivity contribution in [3.05, 3.63) is 52.7 Å². The van der Waals surface area contributed by atoms with Crippen molar-refractivity contribution in [2.45, 2.75) is 31.8 Å². The lowest BCUT2D eigenvalue weighted by molar-refractivity contribution is -0.125. The molecule has 0 saturated carbocycles. The van der Waals surface area contributed by atoms with Crippen LogP contribution in [0.1, 0.15) is 24.1 Å². The third-order valence-electron chi connectivity index (χ3n) is 8.41. The van der Waals surface area contributed by atoms with Crippen LogP contribution in [0.3, 0.4) is 0 Å². The first-order chi connectivity index (χ1) is 20.0. The van der Waals surface area contributed by atoms with E-state index in [1.165, 1.54) is 6.42 Å². The second-order valence-corrected chi connectivity index (χ2v) is 11.3. The van der Waals surface area contributed by atoms with E-state index >= 15 is 0 Å². The molecular formula is C31H35ClN6O3. The molecule has 10 heteroatoms. The zero-order chi connectivity index (χ0) is 28.3. The van der Waals surface area contributed by atoms with Crippen molar-refractivity contribution in [3.63, 3.8) is 0 Å². The number of hydrogen-bond donors (Lipinski definition) is 1. The van der Waals surface area contributed by atoms with Crippen LogP contribution in [-0.2, 0) is 17.8 Å². The zero-order valence-electron chi connectivity index (χ0n) is 23.4. The summed E-state index contributed by atoms with van der Waals surface area (Å²) >= 11 is 6.68. The molecule has 0 unspecified atom stereocenters. The third-order valence-corrected chi connectivity index (χ3v) is 8.73. The van der Waals surface area contributed by atoms with Crippen molar-refractivity contribution in [1.29, 1.82) is 0 Å². The molecule has 214 valence electrons. The van der Waals surface area contributed by atoms with Gasteiger partial charge in [0.25, 0.3) is 5.91 Å². The molecule has 1 atom stereocenters. The maximum atomic E-state index is 12.4. The molecule has 0 bridgehead atoms. The number of nitrogens with zero attached hydrogens (tertiary/aromatic N) is 6. The van der Waals surface area contributed by atoms with Gasteiger partial charge < -0.3 is 29.4 Å². The number of benzene rings is 2. The maximum absolute atomic E-state index is 12.4. The van der Waals surface area contributed by atoms with E-state index < -0.39 is 0 Å². The number of rotatable bonds is 5. The SMILES string of the molecule is CN1CCC[C@H]1COc1nc2c(c(N3CCN(C(=O)C#CCO)CC3)n1)CCN(c1cccc3cccc(Cl)c13)C2. The summed E-state index contributed by atoms with van der Waals surface area (Å²) in [5.74, 6) is 5.60. The second-order valence-electron chi connectivity index (χ2n) is 10.9. The van der Waals surface area contributed by atoms with Crippen LogP contribution in [0.2, 0.25) is 5.02 Å². The Balaban J connectivity index is 1.29. The number of aliphatic hydroxyl groups is 1. The highest BCUT2D eigenvalue weighted by molar-refractivity contribution is 6.36. The molecule has 1 amide bonds. The topological polar surface area (TPSA) is 85.3 Å². The first-order valence-electron chi connectivity index (χ1n) is 14.3. The van der Waals surface area contributed by atoms with Crippen molar-refractivity contribution in [3.8, 4) is 17.9 Å². The van der Waals surface area contributed by atoms with E-state index in [-0.39, 0.29) is 12.5 Å². The molecule has 1 N–H and O–H groups in total. The molecule has 4 heterocycles. The number of aromatic nitrogens is 2. The van der Waals surface area contributed by atoms with Crippen LogP contribution in [0.5, 0.6) is 6.01 Å². The van der Waals surface area contributed by atoms with Crippen LogP contribution >= 0.6 is 11.6 Å². The number of carbonyl (C=O) groups is 1. The Morgan fingerprint density at radius 2 is 1.88 bits per heavy atom. The molecule has 0 aliphatic carbocycles. The Morgan fingerprint density at radius 1 is 1.07 bits per heavy atom. The number of aliphatic hydroxyl groups excluding tert-OH is 1. The van der Waals surface area contributed by atoms with E-state index in [9.17, 15) is 4.79 Å². The van der Waals surface area contributed by atoms with Gasteiger partial charge >= 0.3 is 6.01 Å². The van der Waals surface area contributed by atoms with Gasteiger partial charge in [-0.25, -0.2) is 0 Å². The van der Waals surface area contributed by atoms with Gasteiger partial charge in [-0.15, -0.1) is 0 Å². The van der Waals surface area contributed by atoms with Crippen molar-refractivity contribution in [2.75, 3.05) is 69.3 Å². The van der Waals surface area contributed by atoms with Gasteiger partial charge in [-0.3, -0.25) is 4.79 Å². The van der Waals surface area contributed by atoms with Crippen LogP contribution in [0.4, 0.5) is 11.5 Å². The number of anilines is 2. The smallest absolute Gasteiger partial charge is 0.318 e. The normalized spacial score (nSPS) is 19.2. The van der Waals surface area contributed by atoms with Crippen molar-refractivity contribution in [1.82, 2.24) is 19.8 Å². The Kier molecular flexibility index (Phi) is 8.15. The molecular weight excluding hydrogens is 540 g/mol. The number of likely N-dealkylation sites (tertiary alicyclic amines) is 1. The van der Waals surface area contributed by atoms with Crippen molar-refractivity contribution in [2.24, 2.45) is 0 Å². The number of hydrogen-bond acceptors (Lipinski definition) is 8. The molecule has 3 aliphatic rings. The van der Waals surface area contributed by atoms with Crippen molar-refractivity contribution >= 4 is 39.8 Å². The lowest BCUT2D eigenvalue weighted by atomic mass is 10.0. The lowest BCUT2D eigenvalue weighted by Crippen LogP contribution is -2.49. The summed E-state index contributed by atoms with van der Waals surface area (Å²) in [5.41, 5.74) is 3.20. The standard InChI is InChI=1S/C31H35ClN6O3/c1-35-13-4-8-23(35)21-41-31-33-26-20-38(27-10-3-7-22-6-2-9-25(32)29(22)27)14-12-24(26)30(34-31)37-17-15-36(16-18-37)28(40)11-5-19-39/h2-3,6-7,9-10,23,39H,4,8,12-21H2,1H3/t23-/m0/s1. The molecule has 2 aromatic carbocycles. The molecule has 0 radical (unpaired) electrons. The fraction of sp³-hybridized carbons (Fsp3) is 0.452. The monoisotopic (exact) mass is 574 g/mol. The highest BCUT2D eigenvalue weighted by Gasteiger charge is 2.30. The van der Waals surface area contributed by atoms with Crippen LogP contribution in [-0.4, -0.2) is 96.4 Å². The quantitative estimate of drug-likeness (QED) is 0.466. The van der Waals surface area contributed by atoms with Crippen LogP contribution < -0.4 is 14.5 Å². The molecule has 3 aliphatic heterocycles. The molecule has 41 heavy (non-hydrogen) atoms. The van der Waals surface area contributed by atoms with E-state index in [1.807, 2.05) is 12.1 Å². The number of carbonyl (C=O) groups excluding carboxylic acids is 1. The zero-order valence-corrected chi connectivity index (χ0v) is 24.1. The summed E-state index contributed by atoms with van der Waals surface area (Å²) in [6.07, 6.45) is 3.08. The number of likely N-dealkylation sites (N-methyl/N-ethyl adjacent to an activating group) is 1. The first-order valence-corrected chi connectivity index (χ1v) is 14.7. The molecule has 9 nitrogen and oxygen atoms in total. The van der Waals surface area contributed by atoms with E-state index in [0.717, 1.165) is 64.5 Å². The minimum Gasteiger partial charge on any atom is -0.462 e. The summed E-state index contributed by atoms with van der Waals surface area (Å²) in [6, 6.07) is 13.1. The predicted octanol–water partition coefficient (Wildman–Crippen LogP) is 2.96. The van der Waals surface area contributed by atoms with Gasteiger partial charge in [-0.1, -0.05) is 41.8 Å². The van der Waals surface area contributed by atoms with Gasteiger partial charge in [0.2, 0.25) is 0 Å². The molecule has 1 aromatic heterocycles. The number of fused-ring (bicyclic) bond motifs is 2. The molecule has 3 aromatic rings. The van der Waals surface area contributed by atoms with Crippen LogP contribution in [0, 0.1) is 11.8 Å². The van der Waals surface area contributed by atoms with Gasteiger partial charge in [-0.2, -0.15) is 9.97 Å². The Labute approximate surface area is 245 Å². The number of halogens is 1. The number of ether oxygens (including phenoxy) is 1. The predicted molar refractivity (Wildman–Crippen MR) is 161 cm³/mol. The third kappa shape index (κ3) is 5.78. The van der Waals surface area contributed by atoms with Crippen LogP contribution in [0.25, 0.3) is 10.8 Å². The molecule has 2 saturated heterocycles. The highest BCUT2D eigenvalue weighted by Crippen LogP contribution is 2.37. The Hall–Kier alpha value is -3.58. The molecule has 6 rings (SSSR count). The van der Waals surface area contributed by atoms with Gasteiger partial charge in [-0.05, 0) is 56.3 Å². The lowest BCUT2D eigenvalue weighted by Gasteiger charge is -2.38. The minimum absolute atomic E-state index is 0.252. The summed E-state index contributed by atoms with van der Waals surface area (Å²) in [7, 11) is 2.14. The molecule has 0 spiro atoms. The van der Waals surface area contributed by atoms with Gasteiger partial charge in [0.15, 0.2) is 0 Å². The van der Waals surface area contributed by atoms with E-state index in [1.54, 1.807) is 4.90 Å². The van der Waals surface area contributed by atoms with Crippen LogP contribution in [0.15, 0.2) is 36.4 Å². The van der Waals surface area contributed by atoms with Crippen molar-refractivity contribution < 1.29 is 14.6 Å². The fourth-order valence-electron chi connectivity index (χ4n) is 6.14. The summed E-state index contributed by atoms with van der Waals surface area (Å²) in [4.78, 5) is 30.9. The minimum atomic E-state index is -0.319. The Bertz CT molecular complexity index is 1490. The average molecular weight is 575 g/mol. The second kappa shape index (κ2) is 12.1. The Morgan fingerprint density at radius 3 is 2.63 bits per heavy atom. The van der Waals surface area contributed by atoms with Gasteiger partial charge in [0.05, 0.1) is 17.3 Å². The van der Waals surface area contributed by atoms with E-state index in [2.05, 4.69) is 57.9 Å². The fourth-order valence-corrected chi connectivity index (χ4v) is 6.41. The average Bonchev–Trinajstić information content (AvgIpc) is 3.42. The maximum Gasteiger partial charge on any atom is 0.318 e. The number of piperazine rings is 1.